The largest absolute Gasteiger partial charge is 0.306 e. The molecule has 0 amide bonds. The third-order valence-electron chi connectivity index (χ3n) is 6.16. The van der Waals surface area contributed by atoms with E-state index in [1.165, 1.54) is 42.4 Å². The lowest BCUT2D eigenvalue weighted by Crippen LogP contribution is -2.19. The smallest absolute Gasteiger partial charge is 0.152 e. The van der Waals surface area contributed by atoms with Gasteiger partial charge in [0.1, 0.15) is 5.15 Å². The first-order chi connectivity index (χ1) is 13.3. The molecule has 0 saturated carbocycles. The number of nitrogens with one attached hydrogen (secondary N) is 1. The minimum absolute atomic E-state index is 0.131. The van der Waals surface area contributed by atoms with E-state index in [-0.39, 0.29) is 23.6 Å². The van der Waals surface area contributed by atoms with Gasteiger partial charge in [-0.05, 0) is 62.6 Å². The number of rotatable bonds is 5. The molecule has 0 bridgehead atoms. The van der Waals surface area contributed by atoms with Gasteiger partial charge in [0.2, 0.25) is 0 Å². The van der Waals surface area contributed by atoms with Crippen molar-refractivity contribution in [2.45, 2.75) is 64.6 Å². The summed E-state index contributed by atoms with van der Waals surface area (Å²) in [6.45, 7) is 4.72. The van der Waals surface area contributed by atoms with Gasteiger partial charge in [-0.15, -0.1) is 0 Å². The SMILES string of the molecule is Cc1nn([C@H]2CCS(=O)(=O)C2)c(Cl)c1CN[C@H](C)c1ccc2c(c1)CCCC2. The molecule has 1 aliphatic carbocycles. The van der Waals surface area contributed by atoms with Crippen LogP contribution in [-0.2, 0) is 29.2 Å². The monoisotopic (exact) mass is 421 g/mol. The lowest BCUT2D eigenvalue weighted by atomic mass is 9.89. The predicted octanol–water partition coefficient (Wildman–Crippen LogP) is 3.93. The molecule has 2 atom stereocenters. The van der Waals surface area contributed by atoms with Gasteiger partial charge >= 0.3 is 0 Å². The Kier molecular flexibility index (Phi) is 5.55. The van der Waals surface area contributed by atoms with Crippen LogP contribution in [0.2, 0.25) is 5.15 Å². The molecule has 2 heterocycles. The number of hydrogen-bond acceptors (Lipinski definition) is 4. The van der Waals surface area contributed by atoms with Crippen molar-refractivity contribution in [1.82, 2.24) is 15.1 Å². The Morgan fingerprint density at radius 2 is 2.04 bits per heavy atom. The maximum atomic E-state index is 11.8. The van der Waals surface area contributed by atoms with Gasteiger partial charge in [-0.2, -0.15) is 5.10 Å². The highest BCUT2D eigenvalue weighted by Crippen LogP contribution is 2.30. The molecule has 1 saturated heterocycles. The van der Waals surface area contributed by atoms with Gasteiger partial charge in [0, 0.05) is 18.2 Å². The van der Waals surface area contributed by atoms with Gasteiger partial charge in [-0.25, -0.2) is 13.1 Å². The zero-order chi connectivity index (χ0) is 19.9. The van der Waals surface area contributed by atoms with E-state index in [9.17, 15) is 8.42 Å². The van der Waals surface area contributed by atoms with Crippen LogP contribution < -0.4 is 5.32 Å². The number of aromatic nitrogens is 2. The van der Waals surface area contributed by atoms with Crippen LogP contribution in [0.15, 0.2) is 18.2 Å². The number of fused-ring (bicyclic) bond motifs is 1. The van der Waals surface area contributed by atoms with Crippen molar-refractivity contribution in [3.63, 3.8) is 0 Å². The summed E-state index contributed by atoms with van der Waals surface area (Å²) in [5.41, 5.74) is 6.09. The van der Waals surface area contributed by atoms with Crippen LogP contribution in [0.25, 0.3) is 0 Å². The highest BCUT2D eigenvalue weighted by atomic mass is 35.5. The first-order valence-corrected chi connectivity index (χ1v) is 12.3. The normalized spacial score (nSPS) is 22.2. The van der Waals surface area contributed by atoms with Gasteiger partial charge in [-0.3, -0.25) is 0 Å². The Morgan fingerprint density at radius 1 is 1.29 bits per heavy atom. The van der Waals surface area contributed by atoms with E-state index in [0.717, 1.165) is 11.3 Å². The van der Waals surface area contributed by atoms with Crippen molar-refractivity contribution in [2.24, 2.45) is 0 Å². The molecule has 2 aliphatic rings. The van der Waals surface area contributed by atoms with E-state index in [2.05, 4.69) is 35.5 Å². The van der Waals surface area contributed by atoms with Crippen molar-refractivity contribution >= 4 is 21.4 Å². The van der Waals surface area contributed by atoms with Crippen LogP contribution in [-0.4, -0.2) is 29.7 Å². The van der Waals surface area contributed by atoms with Gasteiger partial charge < -0.3 is 5.32 Å². The molecule has 0 unspecified atom stereocenters. The molecule has 2 aromatic rings. The molecule has 1 aromatic carbocycles. The second kappa shape index (κ2) is 7.81. The minimum Gasteiger partial charge on any atom is -0.306 e. The van der Waals surface area contributed by atoms with E-state index >= 15 is 0 Å². The zero-order valence-corrected chi connectivity index (χ0v) is 18.1. The number of aryl methyl sites for hydroxylation is 3. The Balaban J connectivity index is 1.46. The minimum atomic E-state index is -2.97. The first kappa shape index (κ1) is 19.9. The Morgan fingerprint density at radius 3 is 2.75 bits per heavy atom. The van der Waals surface area contributed by atoms with E-state index in [1.807, 2.05) is 6.92 Å². The van der Waals surface area contributed by atoms with Gasteiger partial charge in [0.15, 0.2) is 9.84 Å². The zero-order valence-electron chi connectivity index (χ0n) is 16.5. The summed E-state index contributed by atoms with van der Waals surface area (Å²) < 4.78 is 25.3. The standard InChI is InChI=1S/C21H28ClN3O2S/c1-14(17-8-7-16-5-3-4-6-18(16)11-17)23-12-20-15(2)24-25(21(20)22)19-9-10-28(26,27)13-19/h7-8,11,14,19,23H,3-6,9-10,12-13H2,1-2H3/t14-,19+/m1/s1. The van der Waals surface area contributed by atoms with Crippen LogP contribution in [0.3, 0.4) is 0 Å². The summed E-state index contributed by atoms with van der Waals surface area (Å²) in [6.07, 6.45) is 5.54. The first-order valence-electron chi connectivity index (χ1n) is 10.1. The van der Waals surface area contributed by atoms with E-state index in [4.69, 9.17) is 11.6 Å². The fourth-order valence-corrected chi connectivity index (χ4v) is 6.43. The molecule has 0 spiro atoms. The predicted molar refractivity (Wildman–Crippen MR) is 113 cm³/mol. The molecular weight excluding hydrogens is 394 g/mol. The fraction of sp³-hybridized carbons (Fsp3) is 0.571. The molecule has 28 heavy (non-hydrogen) atoms. The van der Waals surface area contributed by atoms with Crippen molar-refractivity contribution in [3.8, 4) is 0 Å². The van der Waals surface area contributed by atoms with Crippen LogP contribution in [0, 0.1) is 6.92 Å². The molecule has 4 rings (SSSR count). The fourth-order valence-electron chi connectivity index (χ4n) is 4.36. The summed E-state index contributed by atoms with van der Waals surface area (Å²) in [6, 6.07) is 6.90. The van der Waals surface area contributed by atoms with Crippen molar-refractivity contribution in [1.29, 1.82) is 0 Å². The number of nitrogens with zero attached hydrogens (tertiary/aromatic N) is 2. The summed E-state index contributed by atoms with van der Waals surface area (Å²) in [7, 11) is -2.97. The van der Waals surface area contributed by atoms with E-state index in [0.29, 0.717) is 18.1 Å². The maximum Gasteiger partial charge on any atom is 0.152 e. The molecule has 5 nitrogen and oxygen atoms in total. The average Bonchev–Trinajstić information content (AvgIpc) is 3.18. The molecule has 1 fully saturated rings. The van der Waals surface area contributed by atoms with Crippen LogP contribution in [0.1, 0.15) is 66.2 Å². The quantitative estimate of drug-likeness (QED) is 0.794. The summed E-state index contributed by atoms with van der Waals surface area (Å²) in [5.74, 6) is 0.349. The van der Waals surface area contributed by atoms with Crippen LogP contribution in [0.5, 0.6) is 0 Å². The van der Waals surface area contributed by atoms with Gasteiger partial charge in [0.05, 0.1) is 23.2 Å². The number of hydrogen-bond donors (Lipinski definition) is 1. The number of sulfone groups is 1. The lowest BCUT2D eigenvalue weighted by Gasteiger charge is -2.20. The third-order valence-corrected chi connectivity index (χ3v) is 8.31. The van der Waals surface area contributed by atoms with Crippen molar-refractivity contribution in [3.05, 3.63) is 51.3 Å². The Hall–Kier alpha value is -1.37. The van der Waals surface area contributed by atoms with Crippen LogP contribution >= 0.6 is 11.6 Å². The maximum absolute atomic E-state index is 11.8. The van der Waals surface area contributed by atoms with Gasteiger partial charge in [0.25, 0.3) is 0 Å². The molecule has 1 N–H and O–H groups in total. The average molecular weight is 422 g/mol. The topological polar surface area (TPSA) is 64.0 Å². The van der Waals surface area contributed by atoms with Gasteiger partial charge in [-0.1, -0.05) is 29.8 Å². The molecular formula is C21H28ClN3O2S. The Bertz CT molecular complexity index is 984. The van der Waals surface area contributed by atoms with Crippen LogP contribution in [0.4, 0.5) is 0 Å². The molecule has 1 aliphatic heterocycles. The molecule has 0 radical (unpaired) electrons. The number of benzene rings is 1. The molecule has 152 valence electrons. The highest BCUT2D eigenvalue weighted by molar-refractivity contribution is 7.91. The Labute approximate surface area is 172 Å². The lowest BCUT2D eigenvalue weighted by molar-refractivity contribution is 0.497. The van der Waals surface area contributed by atoms with Crippen molar-refractivity contribution in [2.75, 3.05) is 11.5 Å². The second-order valence-electron chi connectivity index (χ2n) is 8.19. The molecule has 1 aromatic heterocycles. The van der Waals surface area contributed by atoms with E-state index < -0.39 is 9.84 Å². The highest BCUT2D eigenvalue weighted by Gasteiger charge is 2.32. The second-order valence-corrected chi connectivity index (χ2v) is 10.8. The van der Waals surface area contributed by atoms with Crippen molar-refractivity contribution < 1.29 is 8.42 Å². The third kappa shape index (κ3) is 4.00. The molecule has 7 heteroatoms. The summed E-state index contributed by atoms with van der Waals surface area (Å²) in [5, 5.41) is 8.67. The summed E-state index contributed by atoms with van der Waals surface area (Å²) >= 11 is 6.59. The summed E-state index contributed by atoms with van der Waals surface area (Å²) in [4.78, 5) is 0. The number of halogens is 1. The van der Waals surface area contributed by atoms with E-state index in [1.54, 1.807) is 4.68 Å².